The van der Waals surface area contributed by atoms with Gasteiger partial charge in [-0.1, -0.05) is 11.6 Å². The highest BCUT2D eigenvalue weighted by atomic mass is 35.5. The van der Waals surface area contributed by atoms with E-state index in [-0.39, 0.29) is 11.9 Å². The standard InChI is InChI=1S/C18H20ClNO4/c1-11(14-10-13(22-2)6-8-16(14)23-3)20-18(21)15-9-12(19)5-7-17(15)24-4/h5-11H,1-4H3,(H,20,21). The van der Waals surface area contributed by atoms with Gasteiger partial charge in [-0.05, 0) is 43.3 Å². The summed E-state index contributed by atoms with van der Waals surface area (Å²) in [5, 5.41) is 3.39. The van der Waals surface area contributed by atoms with Crippen LogP contribution in [0.5, 0.6) is 17.2 Å². The fourth-order valence-electron chi connectivity index (χ4n) is 2.39. The quantitative estimate of drug-likeness (QED) is 0.860. The summed E-state index contributed by atoms with van der Waals surface area (Å²) in [4.78, 5) is 12.6. The predicted octanol–water partition coefficient (Wildman–Crippen LogP) is 3.86. The SMILES string of the molecule is COc1ccc(OC)c(C(C)NC(=O)c2cc(Cl)ccc2OC)c1. The van der Waals surface area contributed by atoms with Gasteiger partial charge in [0.25, 0.3) is 5.91 Å². The van der Waals surface area contributed by atoms with Crippen molar-refractivity contribution in [3.63, 3.8) is 0 Å². The number of rotatable bonds is 6. The molecule has 1 unspecified atom stereocenters. The van der Waals surface area contributed by atoms with Gasteiger partial charge in [-0.3, -0.25) is 4.79 Å². The first-order valence-corrected chi connectivity index (χ1v) is 7.74. The van der Waals surface area contributed by atoms with E-state index in [9.17, 15) is 4.79 Å². The molecule has 6 heteroatoms. The summed E-state index contributed by atoms with van der Waals surface area (Å²) in [7, 11) is 4.68. The molecule has 0 saturated heterocycles. The molecule has 128 valence electrons. The summed E-state index contributed by atoms with van der Waals surface area (Å²) >= 11 is 5.99. The summed E-state index contributed by atoms with van der Waals surface area (Å²) in [6, 6.07) is 10.0. The molecule has 0 spiro atoms. The number of nitrogens with one attached hydrogen (secondary N) is 1. The molecular formula is C18H20ClNO4. The Kier molecular flexibility index (Phi) is 5.93. The molecule has 5 nitrogen and oxygen atoms in total. The molecule has 0 aromatic heterocycles. The molecule has 0 saturated carbocycles. The molecule has 2 rings (SSSR count). The van der Waals surface area contributed by atoms with Gasteiger partial charge in [0.1, 0.15) is 17.2 Å². The summed E-state index contributed by atoms with van der Waals surface area (Å²) in [6.07, 6.45) is 0. The Labute approximate surface area is 146 Å². The molecule has 1 atom stereocenters. The van der Waals surface area contributed by atoms with E-state index < -0.39 is 0 Å². The maximum atomic E-state index is 12.6. The minimum Gasteiger partial charge on any atom is -0.497 e. The van der Waals surface area contributed by atoms with Gasteiger partial charge in [0.2, 0.25) is 0 Å². The molecule has 0 heterocycles. The molecule has 0 radical (unpaired) electrons. The van der Waals surface area contributed by atoms with Gasteiger partial charge in [-0.25, -0.2) is 0 Å². The zero-order valence-electron chi connectivity index (χ0n) is 14.1. The number of benzene rings is 2. The smallest absolute Gasteiger partial charge is 0.255 e. The third-order valence-electron chi connectivity index (χ3n) is 3.66. The van der Waals surface area contributed by atoms with E-state index in [2.05, 4.69) is 5.32 Å². The molecule has 1 N–H and O–H groups in total. The fourth-order valence-corrected chi connectivity index (χ4v) is 2.56. The van der Waals surface area contributed by atoms with Gasteiger partial charge in [-0.15, -0.1) is 0 Å². The topological polar surface area (TPSA) is 56.8 Å². The van der Waals surface area contributed by atoms with E-state index in [0.29, 0.717) is 27.8 Å². The normalized spacial score (nSPS) is 11.5. The number of amides is 1. The maximum Gasteiger partial charge on any atom is 0.255 e. The van der Waals surface area contributed by atoms with Gasteiger partial charge in [-0.2, -0.15) is 0 Å². The average molecular weight is 350 g/mol. The molecule has 2 aromatic carbocycles. The van der Waals surface area contributed by atoms with Gasteiger partial charge in [0, 0.05) is 10.6 Å². The lowest BCUT2D eigenvalue weighted by Crippen LogP contribution is -2.27. The van der Waals surface area contributed by atoms with Gasteiger partial charge >= 0.3 is 0 Å². The minimum atomic E-state index is -0.300. The number of hydrogen-bond donors (Lipinski definition) is 1. The number of methoxy groups -OCH3 is 3. The Hall–Kier alpha value is -2.40. The molecule has 0 aliphatic rings. The third kappa shape index (κ3) is 3.92. The molecule has 24 heavy (non-hydrogen) atoms. The summed E-state index contributed by atoms with van der Waals surface area (Å²) < 4.78 is 15.8. The number of carbonyl (C=O) groups is 1. The van der Waals surface area contributed by atoms with Crippen LogP contribution < -0.4 is 19.5 Å². The fraction of sp³-hybridized carbons (Fsp3) is 0.278. The first kappa shape index (κ1) is 17.9. The van der Waals surface area contributed by atoms with E-state index in [0.717, 1.165) is 5.56 Å². The van der Waals surface area contributed by atoms with Crippen molar-refractivity contribution < 1.29 is 19.0 Å². The highest BCUT2D eigenvalue weighted by Crippen LogP contribution is 2.30. The van der Waals surface area contributed by atoms with E-state index in [4.69, 9.17) is 25.8 Å². The van der Waals surface area contributed by atoms with E-state index in [1.165, 1.54) is 7.11 Å². The van der Waals surface area contributed by atoms with E-state index in [1.54, 1.807) is 44.6 Å². The van der Waals surface area contributed by atoms with E-state index in [1.807, 2.05) is 13.0 Å². The van der Waals surface area contributed by atoms with Crippen molar-refractivity contribution in [2.75, 3.05) is 21.3 Å². The lowest BCUT2D eigenvalue weighted by molar-refractivity contribution is 0.0936. The van der Waals surface area contributed by atoms with Crippen molar-refractivity contribution in [3.8, 4) is 17.2 Å². The molecule has 2 aromatic rings. The van der Waals surface area contributed by atoms with Crippen LogP contribution in [0.2, 0.25) is 5.02 Å². The van der Waals surface area contributed by atoms with Gasteiger partial charge in [0.05, 0.1) is 32.9 Å². The molecule has 0 aliphatic carbocycles. The largest absolute Gasteiger partial charge is 0.497 e. The van der Waals surface area contributed by atoms with E-state index >= 15 is 0 Å². The number of hydrogen-bond acceptors (Lipinski definition) is 4. The van der Waals surface area contributed by atoms with Crippen molar-refractivity contribution in [3.05, 3.63) is 52.5 Å². The Bertz CT molecular complexity index is 733. The number of halogens is 1. The van der Waals surface area contributed by atoms with Crippen LogP contribution in [0.3, 0.4) is 0 Å². The van der Waals surface area contributed by atoms with Crippen molar-refractivity contribution in [2.24, 2.45) is 0 Å². The summed E-state index contributed by atoms with van der Waals surface area (Å²) in [6.45, 7) is 1.87. The van der Waals surface area contributed by atoms with Crippen LogP contribution in [0.1, 0.15) is 28.9 Å². The third-order valence-corrected chi connectivity index (χ3v) is 3.89. The summed E-state index contributed by atoms with van der Waals surface area (Å²) in [5.41, 5.74) is 1.19. The Morgan fingerprint density at radius 1 is 1.00 bits per heavy atom. The Morgan fingerprint density at radius 3 is 2.29 bits per heavy atom. The van der Waals surface area contributed by atoms with Crippen LogP contribution in [0.4, 0.5) is 0 Å². The zero-order chi connectivity index (χ0) is 17.7. The minimum absolute atomic E-state index is 0.285. The van der Waals surface area contributed by atoms with Crippen LogP contribution in [-0.2, 0) is 0 Å². The molecular weight excluding hydrogens is 330 g/mol. The Balaban J connectivity index is 2.28. The Morgan fingerprint density at radius 2 is 1.67 bits per heavy atom. The first-order valence-electron chi connectivity index (χ1n) is 7.36. The highest BCUT2D eigenvalue weighted by Gasteiger charge is 2.19. The lowest BCUT2D eigenvalue weighted by atomic mass is 10.1. The molecule has 1 amide bonds. The van der Waals surface area contributed by atoms with Crippen molar-refractivity contribution in [1.29, 1.82) is 0 Å². The van der Waals surface area contributed by atoms with Crippen molar-refractivity contribution in [2.45, 2.75) is 13.0 Å². The van der Waals surface area contributed by atoms with Crippen LogP contribution in [0.25, 0.3) is 0 Å². The lowest BCUT2D eigenvalue weighted by Gasteiger charge is -2.19. The molecule has 0 bridgehead atoms. The molecule has 0 fully saturated rings. The average Bonchev–Trinajstić information content (AvgIpc) is 2.60. The van der Waals surface area contributed by atoms with Gasteiger partial charge < -0.3 is 19.5 Å². The maximum absolute atomic E-state index is 12.6. The van der Waals surface area contributed by atoms with Crippen molar-refractivity contribution in [1.82, 2.24) is 5.32 Å². The summed E-state index contributed by atoms with van der Waals surface area (Å²) in [5.74, 6) is 1.53. The molecule has 0 aliphatic heterocycles. The number of ether oxygens (including phenoxy) is 3. The van der Waals surface area contributed by atoms with Crippen molar-refractivity contribution >= 4 is 17.5 Å². The zero-order valence-corrected chi connectivity index (χ0v) is 14.8. The van der Waals surface area contributed by atoms with Crippen LogP contribution in [-0.4, -0.2) is 27.2 Å². The second kappa shape index (κ2) is 7.93. The van der Waals surface area contributed by atoms with Gasteiger partial charge in [0.15, 0.2) is 0 Å². The second-order valence-electron chi connectivity index (χ2n) is 5.15. The van der Waals surface area contributed by atoms with Crippen LogP contribution in [0, 0.1) is 0 Å². The van der Waals surface area contributed by atoms with Crippen LogP contribution >= 0.6 is 11.6 Å². The first-order chi connectivity index (χ1) is 11.5. The second-order valence-corrected chi connectivity index (χ2v) is 5.58. The monoisotopic (exact) mass is 349 g/mol. The predicted molar refractivity (Wildman–Crippen MR) is 93.4 cm³/mol. The number of carbonyl (C=O) groups excluding carboxylic acids is 1. The highest BCUT2D eigenvalue weighted by molar-refractivity contribution is 6.31. The van der Waals surface area contributed by atoms with Crippen LogP contribution in [0.15, 0.2) is 36.4 Å².